The molecule has 2 saturated heterocycles. The molecule has 3 heterocycles. The molecular weight excluding hydrogens is 288 g/mol. The summed E-state index contributed by atoms with van der Waals surface area (Å²) < 4.78 is 0. The van der Waals surface area contributed by atoms with E-state index in [0.717, 1.165) is 25.2 Å². The first-order valence-electron chi connectivity index (χ1n) is 9.25. The van der Waals surface area contributed by atoms with Crippen molar-refractivity contribution in [1.29, 1.82) is 0 Å². The van der Waals surface area contributed by atoms with Crippen molar-refractivity contribution in [3.63, 3.8) is 0 Å². The van der Waals surface area contributed by atoms with Crippen LogP contribution in [0, 0.1) is 0 Å². The van der Waals surface area contributed by atoms with Crippen molar-refractivity contribution in [3.8, 4) is 0 Å². The SMILES string of the molecule is C[C@@H]1CC[C@@H](C)N1[C@H]1CCCN(C(=O)c2cc(C3CC3)[nH]n2)C1. The van der Waals surface area contributed by atoms with Crippen molar-refractivity contribution in [2.45, 2.75) is 76.4 Å². The molecule has 3 aliphatic rings. The number of carbonyl (C=O) groups excluding carboxylic acids is 1. The van der Waals surface area contributed by atoms with Gasteiger partial charge in [0.2, 0.25) is 0 Å². The maximum absolute atomic E-state index is 12.8. The molecule has 1 aromatic heterocycles. The van der Waals surface area contributed by atoms with Crippen LogP contribution in [-0.2, 0) is 0 Å². The molecule has 0 bridgehead atoms. The van der Waals surface area contributed by atoms with Gasteiger partial charge in [0, 0.05) is 42.8 Å². The van der Waals surface area contributed by atoms with Crippen LogP contribution in [0.1, 0.15) is 74.5 Å². The highest BCUT2D eigenvalue weighted by Gasteiger charge is 2.37. The smallest absolute Gasteiger partial charge is 0.274 e. The van der Waals surface area contributed by atoms with Crippen LogP contribution in [0.15, 0.2) is 6.07 Å². The van der Waals surface area contributed by atoms with Crippen LogP contribution in [0.25, 0.3) is 0 Å². The molecule has 0 radical (unpaired) electrons. The molecule has 126 valence electrons. The van der Waals surface area contributed by atoms with Crippen molar-refractivity contribution in [3.05, 3.63) is 17.5 Å². The lowest BCUT2D eigenvalue weighted by molar-refractivity contribution is 0.0482. The molecule has 23 heavy (non-hydrogen) atoms. The summed E-state index contributed by atoms with van der Waals surface area (Å²) in [5.41, 5.74) is 1.75. The second-order valence-electron chi connectivity index (χ2n) is 7.75. The summed E-state index contributed by atoms with van der Waals surface area (Å²) in [4.78, 5) is 17.5. The van der Waals surface area contributed by atoms with Crippen LogP contribution >= 0.6 is 0 Å². The number of rotatable bonds is 3. The fourth-order valence-corrected chi connectivity index (χ4v) is 4.53. The number of hydrogen-bond donors (Lipinski definition) is 1. The molecule has 4 rings (SSSR count). The highest BCUT2D eigenvalue weighted by molar-refractivity contribution is 5.92. The minimum atomic E-state index is 0.109. The molecule has 0 aromatic carbocycles. The third-order valence-corrected chi connectivity index (χ3v) is 5.96. The van der Waals surface area contributed by atoms with Crippen LogP contribution in [0.2, 0.25) is 0 Å². The van der Waals surface area contributed by atoms with Gasteiger partial charge >= 0.3 is 0 Å². The molecule has 2 aliphatic heterocycles. The van der Waals surface area contributed by atoms with E-state index in [0.29, 0.717) is 29.7 Å². The normalized spacial score (nSPS) is 32.4. The first-order valence-corrected chi connectivity index (χ1v) is 9.25. The van der Waals surface area contributed by atoms with Gasteiger partial charge in [0.1, 0.15) is 5.69 Å². The van der Waals surface area contributed by atoms with Gasteiger partial charge in [-0.3, -0.25) is 14.8 Å². The van der Waals surface area contributed by atoms with Gasteiger partial charge < -0.3 is 4.90 Å². The maximum atomic E-state index is 12.8. The van der Waals surface area contributed by atoms with E-state index in [4.69, 9.17) is 0 Å². The third-order valence-electron chi connectivity index (χ3n) is 5.96. The van der Waals surface area contributed by atoms with Gasteiger partial charge in [0.25, 0.3) is 5.91 Å². The summed E-state index contributed by atoms with van der Waals surface area (Å²) in [5.74, 6) is 0.724. The summed E-state index contributed by atoms with van der Waals surface area (Å²) in [7, 11) is 0. The number of piperidine rings is 1. The topological polar surface area (TPSA) is 52.2 Å². The summed E-state index contributed by atoms with van der Waals surface area (Å²) in [6.07, 6.45) is 7.35. The third kappa shape index (κ3) is 2.91. The predicted octanol–water partition coefficient (Wildman–Crippen LogP) is 2.76. The van der Waals surface area contributed by atoms with Gasteiger partial charge in [-0.2, -0.15) is 5.10 Å². The molecule has 5 heteroatoms. The quantitative estimate of drug-likeness (QED) is 0.933. The van der Waals surface area contributed by atoms with Crippen molar-refractivity contribution < 1.29 is 4.79 Å². The minimum Gasteiger partial charge on any atom is -0.336 e. The van der Waals surface area contributed by atoms with Crippen molar-refractivity contribution in [1.82, 2.24) is 20.0 Å². The molecule has 3 fully saturated rings. The van der Waals surface area contributed by atoms with Crippen molar-refractivity contribution >= 4 is 5.91 Å². The molecule has 0 spiro atoms. The Bertz CT molecular complexity index is 569. The van der Waals surface area contributed by atoms with Crippen molar-refractivity contribution in [2.24, 2.45) is 0 Å². The lowest BCUT2D eigenvalue weighted by Gasteiger charge is -2.41. The molecule has 1 saturated carbocycles. The fraction of sp³-hybridized carbons (Fsp3) is 0.778. The zero-order valence-electron chi connectivity index (χ0n) is 14.3. The monoisotopic (exact) mass is 316 g/mol. The average Bonchev–Trinajstić information content (AvgIpc) is 3.20. The Labute approximate surface area is 138 Å². The van der Waals surface area contributed by atoms with E-state index >= 15 is 0 Å². The Hall–Kier alpha value is -1.36. The highest BCUT2D eigenvalue weighted by atomic mass is 16.2. The lowest BCUT2D eigenvalue weighted by Crippen LogP contribution is -2.52. The molecule has 5 nitrogen and oxygen atoms in total. The summed E-state index contributed by atoms with van der Waals surface area (Å²) in [6, 6.07) is 3.79. The van der Waals surface area contributed by atoms with E-state index in [-0.39, 0.29) is 5.91 Å². The van der Waals surface area contributed by atoms with Gasteiger partial charge in [0.05, 0.1) is 0 Å². The minimum absolute atomic E-state index is 0.109. The molecule has 3 atom stereocenters. The number of aromatic amines is 1. The zero-order valence-corrected chi connectivity index (χ0v) is 14.3. The fourth-order valence-electron chi connectivity index (χ4n) is 4.53. The Morgan fingerprint density at radius 1 is 1.17 bits per heavy atom. The Balaban J connectivity index is 1.44. The van der Waals surface area contributed by atoms with Gasteiger partial charge in [-0.15, -0.1) is 0 Å². The number of amides is 1. The first-order chi connectivity index (χ1) is 11.1. The second-order valence-corrected chi connectivity index (χ2v) is 7.75. The summed E-state index contributed by atoms with van der Waals surface area (Å²) in [5, 5.41) is 7.34. The van der Waals surface area contributed by atoms with E-state index in [1.807, 2.05) is 11.0 Å². The van der Waals surface area contributed by atoms with Gasteiger partial charge in [0.15, 0.2) is 0 Å². The number of carbonyl (C=O) groups is 1. The molecule has 1 aliphatic carbocycles. The van der Waals surface area contributed by atoms with E-state index in [1.165, 1.54) is 32.1 Å². The van der Waals surface area contributed by atoms with Crippen LogP contribution in [0.3, 0.4) is 0 Å². The largest absolute Gasteiger partial charge is 0.336 e. The van der Waals surface area contributed by atoms with E-state index < -0.39 is 0 Å². The molecule has 1 amide bonds. The van der Waals surface area contributed by atoms with E-state index in [2.05, 4.69) is 28.9 Å². The van der Waals surface area contributed by atoms with E-state index in [1.54, 1.807) is 0 Å². The van der Waals surface area contributed by atoms with Gasteiger partial charge in [-0.1, -0.05) is 0 Å². The van der Waals surface area contributed by atoms with E-state index in [9.17, 15) is 4.79 Å². The summed E-state index contributed by atoms with van der Waals surface area (Å²) in [6.45, 7) is 6.40. The zero-order chi connectivity index (χ0) is 16.0. The van der Waals surface area contributed by atoms with Crippen LogP contribution in [0.4, 0.5) is 0 Å². The number of aromatic nitrogens is 2. The van der Waals surface area contributed by atoms with Crippen LogP contribution in [-0.4, -0.2) is 57.1 Å². The number of nitrogens with one attached hydrogen (secondary N) is 1. The standard InChI is InChI=1S/C18H28N4O/c1-12-5-6-13(2)22(12)15-4-3-9-21(11-15)18(23)17-10-16(19-20-17)14-7-8-14/h10,12-15H,3-9,11H2,1-2H3,(H,19,20)/t12-,13-,15+/m1/s1. The number of hydrogen-bond acceptors (Lipinski definition) is 3. The Morgan fingerprint density at radius 2 is 1.91 bits per heavy atom. The first kappa shape index (κ1) is 15.2. The average molecular weight is 316 g/mol. The molecule has 1 N–H and O–H groups in total. The maximum Gasteiger partial charge on any atom is 0.274 e. The Morgan fingerprint density at radius 3 is 2.61 bits per heavy atom. The summed E-state index contributed by atoms with van der Waals surface area (Å²) >= 11 is 0. The molecule has 1 aromatic rings. The molecule has 0 unspecified atom stereocenters. The van der Waals surface area contributed by atoms with Crippen molar-refractivity contribution in [2.75, 3.05) is 13.1 Å². The Kier molecular flexibility index (Phi) is 3.92. The van der Waals surface area contributed by atoms with Crippen LogP contribution in [0.5, 0.6) is 0 Å². The molecular formula is C18H28N4O. The number of H-pyrrole nitrogens is 1. The van der Waals surface area contributed by atoms with Gasteiger partial charge in [-0.25, -0.2) is 0 Å². The van der Waals surface area contributed by atoms with Gasteiger partial charge in [-0.05, 0) is 58.4 Å². The lowest BCUT2D eigenvalue weighted by atomic mass is 10.0. The second kappa shape index (κ2) is 5.93. The predicted molar refractivity (Wildman–Crippen MR) is 89.5 cm³/mol. The number of likely N-dealkylation sites (tertiary alicyclic amines) is 2. The van der Waals surface area contributed by atoms with Crippen LogP contribution < -0.4 is 0 Å². The number of nitrogens with zero attached hydrogens (tertiary/aromatic N) is 3. The highest BCUT2D eigenvalue weighted by Crippen LogP contribution is 2.39.